The van der Waals surface area contributed by atoms with E-state index in [0.717, 1.165) is 12.5 Å². The standard InChI is InChI=1S/C17H36N4O7Si2/c1-29(2,3)28-30(4,5)8-6-7-21-10-12(19-20-21)9-18-17(27)16(26)15(25)14(24)13(23)11-22/h10,13-16,22-26H,6-9,11H2,1-5H3,(H,18,27). The quantitative estimate of drug-likeness (QED) is 0.196. The third kappa shape index (κ3) is 9.30. The van der Waals surface area contributed by atoms with Crippen molar-refractivity contribution in [3.63, 3.8) is 0 Å². The molecule has 1 heterocycles. The minimum atomic E-state index is -1.98. The van der Waals surface area contributed by atoms with Crippen molar-refractivity contribution in [2.24, 2.45) is 0 Å². The first kappa shape index (κ1) is 26.8. The molecule has 0 saturated carbocycles. The summed E-state index contributed by atoms with van der Waals surface area (Å²) in [4.78, 5) is 11.9. The predicted octanol–water partition coefficient (Wildman–Crippen LogP) is -1.22. The molecule has 0 saturated heterocycles. The van der Waals surface area contributed by atoms with E-state index < -0.39 is 53.6 Å². The van der Waals surface area contributed by atoms with Crippen LogP contribution in [0, 0.1) is 0 Å². The van der Waals surface area contributed by atoms with Crippen LogP contribution < -0.4 is 5.32 Å². The fourth-order valence-electron chi connectivity index (χ4n) is 3.04. The lowest BCUT2D eigenvalue weighted by atomic mass is 10.0. The number of nitrogens with one attached hydrogen (secondary N) is 1. The molecule has 1 rings (SSSR count). The van der Waals surface area contributed by atoms with Crippen LogP contribution in [0.4, 0.5) is 0 Å². The summed E-state index contributed by atoms with van der Waals surface area (Å²) in [6.07, 6.45) is -4.89. The Morgan fingerprint density at radius 2 is 1.80 bits per heavy atom. The molecule has 0 aliphatic rings. The van der Waals surface area contributed by atoms with E-state index in [1.165, 1.54) is 0 Å². The Labute approximate surface area is 179 Å². The summed E-state index contributed by atoms with van der Waals surface area (Å²) in [7, 11) is -3.29. The molecule has 6 N–H and O–H groups in total. The third-order valence-electron chi connectivity index (χ3n) is 4.30. The molecular weight excluding hydrogens is 428 g/mol. The van der Waals surface area contributed by atoms with Crippen molar-refractivity contribution in [1.82, 2.24) is 20.3 Å². The topological polar surface area (TPSA) is 170 Å². The number of carbonyl (C=O) groups is 1. The highest BCUT2D eigenvalue weighted by Gasteiger charge is 2.34. The highest BCUT2D eigenvalue weighted by atomic mass is 28.4. The molecule has 0 fully saturated rings. The molecule has 1 amide bonds. The molecule has 4 unspecified atom stereocenters. The monoisotopic (exact) mass is 464 g/mol. The van der Waals surface area contributed by atoms with E-state index in [1.807, 2.05) is 0 Å². The second-order valence-electron chi connectivity index (χ2n) is 8.94. The van der Waals surface area contributed by atoms with Gasteiger partial charge in [-0.3, -0.25) is 9.48 Å². The van der Waals surface area contributed by atoms with E-state index in [9.17, 15) is 25.2 Å². The molecule has 4 atom stereocenters. The number of nitrogens with zero attached hydrogens (tertiary/aromatic N) is 3. The summed E-state index contributed by atoms with van der Waals surface area (Å²) in [6.45, 7) is 10.8. The van der Waals surface area contributed by atoms with Crippen molar-refractivity contribution >= 4 is 22.5 Å². The average Bonchev–Trinajstić information content (AvgIpc) is 3.09. The van der Waals surface area contributed by atoms with E-state index in [0.29, 0.717) is 12.2 Å². The molecule has 0 spiro atoms. The average molecular weight is 465 g/mol. The summed E-state index contributed by atoms with van der Waals surface area (Å²) in [5, 5.41) is 57.5. The van der Waals surface area contributed by atoms with Gasteiger partial charge in [-0.2, -0.15) is 0 Å². The highest BCUT2D eigenvalue weighted by Crippen LogP contribution is 2.20. The fraction of sp³-hybridized carbons (Fsp3) is 0.824. The molecular formula is C17H36N4O7Si2. The SMILES string of the molecule is C[Si](C)(C)O[Si](C)(C)CCCn1cc(CNC(=O)C(O)C(O)C(O)C(O)CO)nn1. The van der Waals surface area contributed by atoms with Gasteiger partial charge in [0.2, 0.25) is 0 Å². The first-order chi connectivity index (χ1) is 13.8. The van der Waals surface area contributed by atoms with Crippen LogP contribution in [0.1, 0.15) is 12.1 Å². The van der Waals surface area contributed by atoms with Crippen LogP contribution in [0.3, 0.4) is 0 Å². The number of aliphatic hydroxyl groups excluding tert-OH is 5. The predicted molar refractivity (Wildman–Crippen MR) is 114 cm³/mol. The van der Waals surface area contributed by atoms with Gasteiger partial charge in [0.1, 0.15) is 24.0 Å². The Hall–Kier alpha value is -1.20. The number of hydrogen-bond acceptors (Lipinski definition) is 9. The van der Waals surface area contributed by atoms with Crippen LogP contribution in [-0.4, -0.2) is 94.1 Å². The van der Waals surface area contributed by atoms with Crippen molar-refractivity contribution in [2.45, 2.75) is 82.7 Å². The number of aliphatic hydroxyl groups is 5. The van der Waals surface area contributed by atoms with Gasteiger partial charge in [0.15, 0.2) is 22.7 Å². The summed E-state index contributed by atoms with van der Waals surface area (Å²) in [6, 6.07) is 0.995. The maximum absolute atomic E-state index is 11.9. The molecule has 0 bridgehead atoms. The van der Waals surface area contributed by atoms with Crippen LogP contribution in [0.2, 0.25) is 38.8 Å². The second kappa shape index (κ2) is 11.4. The van der Waals surface area contributed by atoms with Crippen LogP contribution >= 0.6 is 0 Å². The maximum Gasteiger partial charge on any atom is 0.251 e. The summed E-state index contributed by atoms with van der Waals surface area (Å²) in [5.74, 6) is -0.947. The van der Waals surface area contributed by atoms with Gasteiger partial charge in [-0.15, -0.1) is 5.10 Å². The Kier molecular flexibility index (Phi) is 10.2. The summed E-state index contributed by atoms with van der Waals surface area (Å²) in [5.41, 5.74) is 0.468. The van der Waals surface area contributed by atoms with Crippen LogP contribution in [-0.2, 0) is 22.0 Å². The molecule has 11 nitrogen and oxygen atoms in total. The molecule has 1 aromatic rings. The molecule has 30 heavy (non-hydrogen) atoms. The van der Waals surface area contributed by atoms with E-state index in [4.69, 9.17) is 9.22 Å². The van der Waals surface area contributed by atoms with Crippen molar-refractivity contribution in [2.75, 3.05) is 6.61 Å². The minimum absolute atomic E-state index is 0.0275. The lowest BCUT2D eigenvalue weighted by molar-refractivity contribution is -0.149. The second-order valence-corrected chi connectivity index (χ2v) is 18.0. The molecule has 0 aliphatic heterocycles. The van der Waals surface area contributed by atoms with Gasteiger partial charge in [-0.25, -0.2) is 0 Å². The number of aromatic nitrogens is 3. The van der Waals surface area contributed by atoms with Gasteiger partial charge in [-0.05, 0) is 45.2 Å². The number of rotatable bonds is 13. The highest BCUT2D eigenvalue weighted by molar-refractivity contribution is 6.84. The third-order valence-corrected chi connectivity index (χ3v) is 10.5. The largest absolute Gasteiger partial charge is 0.456 e. The van der Waals surface area contributed by atoms with E-state index >= 15 is 0 Å². The molecule has 0 aromatic carbocycles. The number of amides is 1. The minimum Gasteiger partial charge on any atom is -0.456 e. The number of aryl methyl sites for hydroxylation is 1. The van der Waals surface area contributed by atoms with E-state index in [1.54, 1.807) is 10.9 Å². The van der Waals surface area contributed by atoms with Gasteiger partial charge in [-0.1, -0.05) is 5.21 Å². The zero-order valence-corrected chi connectivity index (χ0v) is 20.3. The van der Waals surface area contributed by atoms with Crippen molar-refractivity contribution in [3.05, 3.63) is 11.9 Å². The number of hydrogen-bond donors (Lipinski definition) is 6. The zero-order valence-electron chi connectivity index (χ0n) is 18.3. The van der Waals surface area contributed by atoms with E-state index in [2.05, 4.69) is 48.4 Å². The first-order valence-corrected chi connectivity index (χ1v) is 16.5. The maximum atomic E-state index is 11.9. The first-order valence-electron chi connectivity index (χ1n) is 9.96. The molecule has 13 heteroatoms. The molecule has 0 radical (unpaired) electrons. The summed E-state index contributed by atoms with van der Waals surface area (Å²) >= 11 is 0. The van der Waals surface area contributed by atoms with Gasteiger partial charge < -0.3 is 35.0 Å². The fourth-order valence-corrected chi connectivity index (χ4v) is 11.1. The summed E-state index contributed by atoms with van der Waals surface area (Å²) < 4.78 is 7.98. The molecule has 174 valence electrons. The van der Waals surface area contributed by atoms with Crippen molar-refractivity contribution in [1.29, 1.82) is 0 Å². The Bertz CT molecular complexity index is 669. The van der Waals surface area contributed by atoms with Crippen LogP contribution in [0.15, 0.2) is 6.20 Å². The smallest absolute Gasteiger partial charge is 0.251 e. The van der Waals surface area contributed by atoms with Crippen molar-refractivity contribution in [3.8, 4) is 0 Å². The Balaban J connectivity index is 2.46. The lowest BCUT2D eigenvalue weighted by Gasteiger charge is -2.31. The lowest BCUT2D eigenvalue weighted by Crippen LogP contribution is -2.51. The van der Waals surface area contributed by atoms with Crippen LogP contribution in [0.5, 0.6) is 0 Å². The van der Waals surface area contributed by atoms with E-state index in [-0.39, 0.29) is 6.54 Å². The van der Waals surface area contributed by atoms with Gasteiger partial charge in [0, 0.05) is 6.54 Å². The number of carbonyl (C=O) groups excluding carboxylic acids is 1. The normalized spacial score (nSPS) is 16.7. The Morgan fingerprint density at radius 1 is 1.17 bits per heavy atom. The molecule has 0 aliphatic carbocycles. The van der Waals surface area contributed by atoms with Gasteiger partial charge in [0.05, 0.1) is 19.3 Å². The van der Waals surface area contributed by atoms with Crippen molar-refractivity contribution < 1.29 is 34.4 Å². The Morgan fingerprint density at radius 3 is 2.37 bits per heavy atom. The zero-order chi connectivity index (χ0) is 23.1. The van der Waals surface area contributed by atoms with Gasteiger partial charge >= 0.3 is 0 Å². The van der Waals surface area contributed by atoms with Gasteiger partial charge in [0.25, 0.3) is 5.91 Å². The van der Waals surface area contributed by atoms with Crippen LogP contribution in [0.25, 0.3) is 0 Å². The molecule has 1 aromatic heterocycles.